The highest BCUT2D eigenvalue weighted by Crippen LogP contribution is 2.30. The van der Waals surface area contributed by atoms with Crippen LogP contribution >= 0.6 is 0 Å². The van der Waals surface area contributed by atoms with Gasteiger partial charge in [0.25, 0.3) is 5.91 Å². The van der Waals surface area contributed by atoms with Gasteiger partial charge in [0, 0.05) is 18.2 Å². The summed E-state index contributed by atoms with van der Waals surface area (Å²) in [6.07, 6.45) is 6.54. The van der Waals surface area contributed by atoms with Gasteiger partial charge in [-0.2, -0.15) is 0 Å². The van der Waals surface area contributed by atoms with Crippen LogP contribution in [0.3, 0.4) is 0 Å². The molecule has 0 bridgehead atoms. The van der Waals surface area contributed by atoms with Crippen molar-refractivity contribution >= 4 is 5.91 Å². The molecular weight excluding hydrogens is 290 g/mol. The van der Waals surface area contributed by atoms with Crippen LogP contribution in [0.5, 0.6) is 11.5 Å². The van der Waals surface area contributed by atoms with Crippen LogP contribution in [-0.4, -0.2) is 37.1 Å². The first-order chi connectivity index (χ1) is 11.2. The SMILES string of the molecule is CCCCOc1ccc(C(=O)N2CCCCC2CC)cc1OC. The van der Waals surface area contributed by atoms with Crippen molar-refractivity contribution in [2.75, 3.05) is 20.3 Å². The van der Waals surface area contributed by atoms with E-state index in [1.165, 1.54) is 6.42 Å². The maximum absolute atomic E-state index is 12.8. The molecule has 0 spiro atoms. The lowest BCUT2D eigenvalue weighted by atomic mass is 9.99. The number of methoxy groups -OCH3 is 1. The number of rotatable bonds is 7. The number of nitrogens with zero attached hydrogens (tertiary/aromatic N) is 1. The first-order valence-electron chi connectivity index (χ1n) is 8.83. The molecule has 1 heterocycles. The molecule has 1 atom stereocenters. The molecule has 1 amide bonds. The number of piperidine rings is 1. The van der Waals surface area contributed by atoms with Gasteiger partial charge in [-0.1, -0.05) is 20.3 Å². The van der Waals surface area contributed by atoms with Gasteiger partial charge in [-0.05, 0) is 50.3 Å². The molecule has 1 unspecified atom stereocenters. The number of amides is 1. The summed E-state index contributed by atoms with van der Waals surface area (Å²) in [6, 6.07) is 5.88. The average molecular weight is 319 g/mol. The Hall–Kier alpha value is -1.71. The van der Waals surface area contributed by atoms with E-state index in [2.05, 4.69) is 13.8 Å². The third kappa shape index (κ3) is 4.40. The maximum Gasteiger partial charge on any atom is 0.254 e. The Labute approximate surface area is 139 Å². The van der Waals surface area contributed by atoms with E-state index in [9.17, 15) is 4.79 Å². The van der Waals surface area contributed by atoms with Crippen molar-refractivity contribution < 1.29 is 14.3 Å². The van der Waals surface area contributed by atoms with Crippen LogP contribution in [0.15, 0.2) is 18.2 Å². The number of ether oxygens (including phenoxy) is 2. The predicted molar refractivity (Wildman–Crippen MR) is 92.4 cm³/mol. The Kier molecular flexibility index (Phi) is 6.75. The molecule has 23 heavy (non-hydrogen) atoms. The fraction of sp³-hybridized carbons (Fsp3) is 0.632. The summed E-state index contributed by atoms with van der Waals surface area (Å²) in [4.78, 5) is 14.9. The molecule has 1 fully saturated rings. The fourth-order valence-electron chi connectivity index (χ4n) is 3.10. The highest BCUT2D eigenvalue weighted by atomic mass is 16.5. The summed E-state index contributed by atoms with van der Waals surface area (Å²) >= 11 is 0. The number of hydrogen-bond donors (Lipinski definition) is 0. The summed E-state index contributed by atoms with van der Waals surface area (Å²) in [5.41, 5.74) is 0.685. The summed E-state index contributed by atoms with van der Waals surface area (Å²) in [5, 5.41) is 0. The van der Waals surface area contributed by atoms with E-state index in [0.717, 1.165) is 38.6 Å². The van der Waals surface area contributed by atoms with Crippen molar-refractivity contribution in [1.82, 2.24) is 4.90 Å². The Morgan fingerprint density at radius 1 is 1.26 bits per heavy atom. The zero-order chi connectivity index (χ0) is 16.7. The van der Waals surface area contributed by atoms with E-state index in [4.69, 9.17) is 9.47 Å². The van der Waals surface area contributed by atoms with Gasteiger partial charge in [-0.15, -0.1) is 0 Å². The molecule has 1 aliphatic heterocycles. The Bertz CT molecular complexity index is 515. The lowest BCUT2D eigenvalue weighted by molar-refractivity contribution is 0.0607. The molecule has 1 saturated heterocycles. The minimum Gasteiger partial charge on any atom is -0.493 e. The summed E-state index contributed by atoms with van der Waals surface area (Å²) in [6.45, 7) is 5.81. The molecule has 0 saturated carbocycles. The van der Waals surface area contributed by atoms with Crippen molar-refractivity contribution in [1.29, 1.82) is 0 Å². The maximum atomic E-state index is 12.8. The quantitative estimate of drug-likeness (QED) is 0.704. The van der Waals surface area contributed by atoms with E-state index < -0.39 is 0 Å². The predicted octanol–water partition coefficient (Wildman–Crippen LogP) is 4.28. The van der Waals surface area contributed by atoms with Crippen molar-refractivity contribution in [2.45, 2.75) is 58.4 Å². The average Bonchev–Trinajstić information content (AvgIpc) is 2.61. The third-order valence-electron chi connectivity index (χ3n) is 4.53. The highest BCUT2D eigenvalue weighted by molar-refractivity contribution is 5.95. The Balaban J connectivity index is 2.13. The first kappa shape index (κ1) is 17.6. The lowest BCUT2D eigenvalue weighted by Crippen LogP contribution is -2.43. The molecular formula is C19H29NO3. The Morgan fingerprint density at radius 2 is 2.09 bits per heavy atom. The molecule has 2 rings (SSSR count). The van der Waals surface area contributed by atoms with Gasteiger partial charge < -0.3 is 14.4 Å². The molecule has 4 nitrogen and oxygen atoms in total. The third-order valence-corrected chi connectivity index (χ3v) is 4.53. The number of unbranched alkanes of at least 4 members (excludes halogenated alkanes) is 1. The van der Waals surface area contributed by atoms with Gasteiger partial charge in [-0.25, -0.2) is 0 Å². The molecule has 0 N–H and O–H groups in total. The zero-order valence-electron chi connectivity index (χ0n) is 14.6. The minimum absolute atomic E-state index is 0.106. The lowest BCUT2D eigenvalue weighted by Gasteiger charge is -2.35. The van der Waals surface area contributed by atoms with Gasteiger partial charge in [0.1, 0.15) is 0 Å². The number of hydrogen-bond acceptors (Lipinski definition) is 3. The minimum atomic E-state index is 0.106. The number of carbonyl (C=O) groups excluding carboxylic acids is 1. The van der Waals surface area contributed by atoms with E-state index in [0.29, 0.717) is 29.7 Å². The molecule has 0 aromatic heterocycles. The van der Waals surface area contributed by atoms with Gasteiger partial charge in [0.05, 0.1) is 13.7 Å². The molecule has 1 aliphatic rings. The number of carbonyl (C=O) groups is 1. The van der Waals surface area contributed by atoms with Gasteiger partial charge in [-0.3, -0.25) is 4.79 Å². The molecule has 4 heteroatoms. The van der Waals surface area contributed by atoms with Crippen LogP contribution in [0.2, 0.25) is 0 Å². The van der Waals surface area contributed by atoms with E-state index in [1.54, 1.807) is 7.11 Å². The van der Waals surface area contributed by atoms with E-state index >= 15 is 0 Å². The van der Waals surface area contributed by atoms with Crippen LogP contribution in [-0.2, 0) is 0 Å². The van der Waals surface area contributed by atoms with Crippen LogP contribution < -0.4 is 9.47 Å². The van der Waals surface area contributed by atoms with Crippen molar-refractivity contribution in [2.24, 2.45) is 0 Å². The second-order valence-corrected chi connectivity index (χ2v) is 6.12. The summed E-state index contributed by atoms with van der Waals surface area (Å²) in [7, 11) is 1.62. The van der Waals surface area contributed by atoms with Gasteiger partial charge in [0.15, 0.2) is 11.5 Å². The second kappa shape index (κ2) is 8.80. The number of benzene rings is 1. The Morgan fingerprint density at radius 3 is 2.78 bits per heavy atom. The standard InChI is InChI=1S/C19H29NO3/c1-4-6-13-23-17-11-10-15(14-18(17)22-3)19(21)20-12-8-7-9-16(20)5-2/h10-11,14,16H,4-9,12-13H2,1-3H3. The topological polar surface area (TPSA) is 38.8 Å². The van der Waals surface area contributed by atoms with E-state index in [1.807, 2.05) is 23.1 Å². The van der Waals surface area contributed by atoms with Crippen LogP contribution in [0, 0.1) is 0 Å². The molecule has 1 aromatic carbocycles. The van der Waals surface area contributed by atoms with Gasteiger partial charge >= 0.3 is 0 Å². The van der Waals surface area contributed by atoms with Crippen LogP contribution in [0.25, 0.3) is 0 Å². The zero-order valence-corrected chi connectivity index (χ0v) is 14.6. The summed E-state index contributed by atoms with van der Waals surface area (Å²) < 4.78 is 11.2. The van der Waals surface area contributed by atoms with Crippen LogP contribution in [0.1, 0.15) is 62.7 Å². The monoisotopic (exact) mass is 319 g/mol. The van der Waals surface area contributed by atoms with Crippen molar-refractivity contribution in [3.05, 3.63) is 23.8 Å². The van der Waals surface area contributed by atoms with Crippen molar-refractivity contribution in [3.8, 4) is 11.5 Å². The largest absolute Gasteiger partial charge is 0.493 e. The normalized spacial score (nSPS) is 17.9. The summed E-state index contributed by atoms with van der Waals surface area (Å²) in [5.74, 6) is 1.45. The molecule has 0 aliphatic carbocycles. The molecule has 0 radical (unpaired) electrons. The molecule has 1 aromatic rings. The van der Waals surface area contributed by atoms with Crippen molar-refractivity contribution in [3.63, 3.8) is 0 Å². The first-order valence-corrected chi connectivity index (χ1v) is 8.83. The number of likely N-dealkylation sites (tertiary alicyclic amines) is 1. The highest BCUT2D eigenvalue weighted by Gasteiger charge is 2.26. The van der Waals surface area contributed by atoms with E-state index in [-0.39, 0.29) is 5.91 Å². The van der Waals surface area contributed by atoms with Gasteiger partial charge in [0.2, 0.25) is 0 Å². The molecule has 128 valence electrons. The fourth-order valence-corrected chi connectivity index (χ4v) is 3.10. The van der Waals surface area contributed by atoms with Crippen LogP contribution in [0.4, 0.5) is 0 Å². The second-order valence-electron chi connectivity index (χ2n) is 6.12. The smallest absolute Gasteiger partial charge is 0.254 e.